The summed E-state index contributed by atoms with van der Waals surface area (Å²) in [6, 6.07) is -0.0285. The largest absolute Gasteiger partial charge is 0.480 e. The molecule has 1 aromatic heterocycles. The van der Waals surface area contributed by atoms with Gasteiger partial charge in [-0.05, 0) is 18.4 Å². The van der Waals surface area contributed by atoms with Gasteiger partial charge in [0.15, 0.2) is 0 Å². The summed E-state index contributed by atoms with van der Waals surface area (Å²) >= 11 is 0. The number of nitrogens with zero attached hydrogens (tertiary/aromatic N) is 1. The number of nitrogens with one attached hydrogen (secondary N) is 2. The molecular formula is C14H18FN3O4. The van der Waals surface area contributed by atoms with Crippen molar-refractivity contribution in [3.8, 4) is 0 Å². The van der Waals surface area contributed by atoms with Crippen LogP contribution in [0.25, 0.3) is 0 Å². The van der Waals surface area contributed by atoms with Crippen LogP contribution in [-0.2, 0) is 9.59 Å². The molecule has 1 aromatic rings. The van der Waals surface area contributed by atoms with E-state index in [0.717, 1.165) is 18.5 Å². The Balaban J connectivity index is 2.51. The van der Waals surface area contributed by atoms with Gasteiger partial charge in [-0.3, -0.25) is 14.6 Å². The van der Waals surface area contributed by atoms with E-state index in [1.165, 1.54) is 0 Å². The average molecular weight is 311 g/mol. The Morgan fingerprint density at radius 2 is 2.00 bits per heavy atom. The number of amides is 2. The second-order valence-corrected chi connectivity index (χ2v) is 5.16. The summed E-state index contributed by atoms with van der Waals surface area (Å²) in [7, 11) is 0. The maximum Gasteiger partial charge on any atom is 0.326 e. The Bertz CT molecular complexity index is 563. The van der Waals surface area contributed by atoms with E-state index in [2.05, 4.69) is 15.6 Å². The molecule has 0 fully saturated rings. The minimum atomic E-state index is -1.14. The van der Waals surface area contributed by atoms with E-state index in [0.29, 0.717) is 0 Å². The summed E-state index contributed by atoms with van der Waals surface area (Å²) in [4.78, 5) is 37.9. The highest BCUT2D eigenvalue weighted by Gasteiger charge is 2.21. The van der Waals surface area contributed by atoms with Crippen LogP contribution in [0.5, 0.6) is 0 Å². The fraction of sp³-hybridized carbons (Fsp3) is 0.429. The van der Waals surface area contributed by atoms with Crippen molar-refractivity contribution in [3.05, 3.63) is 29.8 Å². The first kappa shape index (κ1) is 17.5. The molecule has 0 aliphatic carbocycles. The Morgan fingerprint density at radius 3 is 2.55 bits per heavy atom. The number of aromatic nitrogens is 1. The number of hydrogen-bond donors (Lipinski definition) is 3. The van der Waals surface area contributed by atoms with E-state index in [9.17, 15) is 18.8 Å². The number of rotatable bonds is 7. The van der Waals surface area contributed by atoms with Gasteiger partial charge in [-0.1, -0.05) is 13.8 Å². The molecule has 3 N–H and O–H groups in total. The monoisotopic (exact) mass is 311 g/mol. The molecule has 0 spiro atoms. The Labute approximate surface area is 126 Å². The van der Waals surface area contributed by atoms with Gasteiger partial charge in [-0.2, -0.15) is 0 Å². The SMILES string of the molecule is CC(C)C[C@H](NC(=O)CNC(=O)c1cncc(F)c1)C(=O)O. The van der Waals surface area contributed by atoms with Crippen molar-refractivity contribution in [1.29, 1.82) is 0 Å². The zero-order valence-electron chi connectivity index (χ0n) is 12.3. The predicted octanol–water partition coefficient (Wildman–Crippen LogP) is 0.566. The number of pyridine rings is 1. The van der Waals surface area contributed by atoms with Crippen molar-refractivity contribution in [3.63, 3.8) is 0 Å². The van der Waals surface area contributed by atoms with E-state index in [-0.39, 0.29) is 17.9 Å². The number of carbonyl (C=O) groups excluding carboxylic acids is 2. The van der Waals surface area contributed by atoms with Gasteiger partial charge in [0.05, 0.1) is 18.3 Å². The standard InChI is InChI=1S/C14H18FN3O4/c1-8(2)3-11(14(21)22)18-12(19)7-17-13(20)9-4-10(15)6-16-5-9/h4-6,8,11H,3,7H2,1-2H3,(H,17,20)(H,18,19)(H,21,22)/t11-/m0/s1. The fourth-order valence-electron chi connectivity index (χ4n) is 1.74. The summed E-state index contributed by atoms with van der Waals surface area (Å²) in [5.41, 5.74) is -0.0234. The first-order chi connectivity index (χ1) is 10.3. The van der Waals surface area contributed by atoms with E-state index >= 15 is 0 Å². The number of carboxylic acids is 1. The molecule has 22 heavy (non-hydrogen) atoms. The van der Waals surface area contributed by atoms with Gasteiger partial charge in [-0.25, -0.2) is 9.18 Å². The van der Waals surface area contributed by atoms with E-state index in [4.69, 9.17) is 5.11 Å². The molecule has 8 heteroatoms. The molecule has 2 amide bonds. The van der Waals surface area contributed by atoms with Crippen LogP contribution in [-0.4, -0.2) is 40.5 Å². The lowest BCUT2D eigenvalue weighted by atomic mass is 10.0. The minimum Gasteiger partial charge on any atom is -0.480 e. The smallest absolute Gasteiger partial charge is 0.326 e. The van der Waals surface area contributed by atoms with Crippen LogP contribution in [0.2, 0.25) is 0 Å². The lowest BCUT2D eigenvalue weighted by Gasteiger charge is -2.16. The maximum absolute atomic E-state index is 12.9. The number of aliphatic carboxylic acids is 1. The first-order valence-corrected chi connectivity index (χ1v) is 6.70. The molecule has 0 bridgehead atoms. The molecule has 120 valence electrons. The van der Waals surface area contributed by atoms with Crippen molar-refractivity contribution in [2.75, 3.05) is 6.54 Å². The molecule has 0 radical (unpaired) electrons. The Hall–Kier alpha value is -2.51. The van der Waals surface area contributed by atoms with Crippen LogP contribution in [0.3, 0.4) is 0 Å². The zero-order chi connectivity index (χ0) is 16.7. The van der Waals surface area contributed by atoms with Crippen molar-refractivity contribution >= 4 is 17.8 Å². The maximum atomic E-state index is 12.9. The van der Waals surface area contributed by atoms with Gasteiger partial charge in [-0.15, -0.1) is 0 Å². The Kier molecular flexibility index (Phi) is 6.43. The molecule has 0 aliphatic heterocycles. The van der Waals surface area contributed by atoms with E-state index in [1.807, 2.05) is 13.8 Å². The summed E-state index contributed by atoms with van der Waals surface area (Å²) in [5.74, 6) is -3.01. The molecule has 0 saturated carbocycles. The van der Waals surface area contributed by atoms with Gasteiger partial charge in [0.25, 0.3) is 5.91 Å². The van der Waals surface area contributed by atoms with Crippen molar-refractivity contribution in [1.82, 2.24) is 15.6 Å². The number of hydrogen-bond acceptors (Lipinski definition) is 4. The molecule has 7 nitrogen and oxygen atoms in total. The van der Waals surface area contributed by atoms with Crippen molar-refractivity contribution in [2.24, 2.45) is 5.92 Å². The van der Waals surface area contributed by atoms with Gasteiger partial charge in [0.2, 0.25) is 5.91 Å². The molecule has 1 atom stereocenters. The normalized spacial score (nSPS) is 11.8. The fourth-order valence-corrected chi connectivity index (χ4v) is 1.74. The summed E-state index contributed by atoms with van der Waals surface area (Å²) in [5, 5.41) is 13.6. The van der Waals surface area contributed by atoms with Crippen molar-refractivity contribution < 1.29 is 23.9 Å². The number of carbonyl (C=O) groups is 3. The van der Waals surface area contributed by atoms with Crippen LogP contribution >= 0.6 is 0 Å². The lowest BCUT2D eigenvalue weighted by molar-refractivity contribution is -0.142. The molecule has 0 aliphatic rings. The Morgan fingerprint density at radius 1 is 1.32 bits per heavy atom. The van der Waals surface area contributed by atoms with Crippen molar-refractivity contribution in [2.45, 2.75) is 26.3 Å². The third-order valence-electron chi connectivity index (χ3n) is 2.72. The summed E-state index contributed by atoms with van der Waals surface area (Å²) < 4.78 is 12.9. The second-order valence-electron chi connectivity index (χ2n) is 5.16. The van der Waals surface area contributed by atoms with Crippen LogP contribution in [0.15, 0.2) is 18.5 Å². The third-order valence-corrected chi connectivity index (χ3v) is 2.72. The van der Waals surface area contributed by atoms with E-state index < -0.39 is 36.2 Å². The van der Waals surface area contributed by atoms with Gasteiger partial charge < -0.3 is 15.7 Å². The summed E-state index contributed by atoms with van der Waals surface area (Å²) in [6.07, 6.45) is 2.39. The minimum absolute atomic E-state index is 0.0234. The van der Waals surface area contributed by atoms with E-state index in [1.54, 1.807) is 0 Å². The molecule has 1 rings (SSSR count). The lowest BCUT2D eigenvalue weighted by Crippen LogP contribution is -2.46. The molecule has 1 heterocycles. The van der Waals surface area contributed by atoms with Crippen LogP contribution in [0, 0.1) is 11.7 Å². The highest BCUT2D eigenvalue weighted by molar-refractivity contribution is 5.96. The number of carboxylic acid groups (broad SMARTS) is 1. The predicted molar refractivity (Wildman–Crippen MR) is 75.5 cm³/mol. The van der Waals surface area contributed by atoms with Gasteiger partial charge in [0.1, 0.15) is 11.9 Å². The average Bonchev–Trinajstić information content (AvgIpc) is 2.43. The van der Waals surface area contributed by atoms with Crippen LogP contribution < -0.4 is 10.6 Å². The molecule has 0 aromatic carbocycles. The van der Waals surface area contributed by atoms with Gasteiger partial charge in [0, 0.05) is 6.20 Å². The van der Waals surface area contributed by atoms with Crippen LogP contribution in [0.1, 0.15) is 30.6 Å². The van der Waals surface area contributed by atoms with Crippen LogP contribution in [0.4, 0.5) is 4.39 Å². The summed E-state index contributed by atoms with van der Waals surface area (Å²) in [6.45, 7) is 3.26. The second kappa shape index (κ2) is 8.06. The topological polar surface area (TPSA) is 108 Å². The third kappa shape index (κ3) is 5.86. The quantitative estimate of drug-likeness (QED) is 0.682. The molecule has 0 saturated heterocycles. The molecular weight excluding hydrogens is 293 g/mol. The number of halogens is 1. The first-order valence-electron chi connectivity index (χ1n) is 6.70. The van der Waals surface area contributed by atoms with Gasteiger partial charge >= 0.3 is 5.97 Å². The zero-order valence-corrected chi connectivity index (χ0v) is 12.3. The molecule has 0 unspecified atom stereocenters. The highest BCUT2D eigenvalue weighted by atomic mass is 19.1. The highest BCUT2D eigenvalue weighted by Crippen LogP contribution is 2.05.